The molecule has 5 nitrogen and oxygen atoms in total. The molecule has 346 valence electrons. The summed E-state index contributed by atoms with van der Waals surface area (Å²) in [5.74, 6) is 1.05. The van der Waals surface area contributed by atoms with Crippen molar-refractivity contribution in [1.82, 2.24) is 0 Å². The monoisotopic (exact) mass is 930 g/mol. The van der Waals surface area contributed by atoms with Crippen LogP contribution in [0.25, 0.3) is 98.5 Å². The lowest BCUT2D eigenvalue weighted by molar-refractivity contribution is 0.643. The molecule has 0 radical (unpaired) electrons. The number of hydrogen-bond acceptors (Lipinski definition) is 5. The van der Waals surface area contributed by atoms with Crippen LogP contribution in [0.15, 0.2) is 189 Å². The van der Waals surface area contributed by atoms with Gasteiger partial charge in [0.15, 0.2) is 11.2 Å². The van der Waals surface area contributed by atoms with Crippen molar-refractivity contribution in [2.75, 3.05) is 9.80 Å². The summed E-state index contributed by atoms with van der Waals surface area (Å²) in [7, 11) is 0. The van der Waals surface area contributed by atoms with Gasteiger partial charge in [-0.3, -0.25) is 0 Å². The molecule has 72 heavy (non-hydrogen) atoms. The number of anilines is 6. The molecule has 0 N–H and O–H groups in total. The van der Waals surface area contributed by atoms with Crippen molar-refractivity contribution in [3.05, 3.63) is 193 Å². The van der Waals surface area contributed by atoms with Gasteiger partial charge in [0.25, 0.3) is 0 Å². The number of rotatable bonds is 6. The van der Waals surface area contributed by atoms with Crippen LogP contribution in [0.3, 0.4) is 0 Å². The number of para-hydroxylation sites is 6. The molecule has 16 rings (SSSR count). The maximum absolute atomic E-state index is 7.33. The highest BCUT2D eigenvalue weighted by molar-refractivity contribution is 6.29. The van der Waals surface area contributed by atoms with Gasteiger partial charge < -0.3 is 23.1 Å². The van der Waals surface area contributed by atoms with Gasteiger partial charge in [0.2, 0.25) is 0 Å². The quantitative estimate of drug-likeness (QED) is 0.166. The Morgan fingerprint density at radius 2 is 0.847 bits per heavy atom. The number of hydrogen-bond donors (Lipinski definition) is 0. The lowest BCUT2D eigenvalue weighted by Gasteiger charge is -2.33. The first-order chi connectivity index (χ1) is 35.7. The third-order valence-electron chi connectivity index (χ3n) is 17.0. The topological polar surface area (TPSA) is 45.9 Å². The van der Waals surface area contributed by atoms with Gasteiger partial charge in [-0.05, 0) is 103 Å². The highest BCUT2D eigenvalue weighted by Gasteiger charge is 2.33. The minimum absolute atomic E-state index is 0.522. The van der Waals surface area contributed by atoms with Crippen molar-refractivity contribution >= 4 is 121 Å². The molecule has 2 saturated carbocycles. The molecule has 3 aromatic heterocycles. The summed E-state index contributed by atoms with van der Waals surface area (Å²) in [6.07, 6.45) is 9.95. The summed E-state index contributed by atoms with van der Waals surface area (Å²) in [5, 5.41) is 11.2. The first-order valence-electron chi connectivity index (χ1n) is 26.1. The first-order valence-corrected chi connectivity index (χ1v) is 26.1. The molecular weight excluding hydrogens is 881 g/mol. The molecule has 1 aliphatic heterocycles. The standard InChI is InChI=1S/C67H50N2O3/c1-39-17-2-10-33-55(39)68(57-35-15-30-50-48-28-12-25-42(40-18-3-4-19-40)62(48)71-66(50)57)59-37-53-54-38-60-61-46(27-14-32-52(61)65(54)70-64(53)47-24-8-7-23-45(47)59)44-22-9-11-34-56(44)69(60)58-36-16-31-51-49-29-13-26-43(41-20-5-6-21-41)63(49)72-67(51)58/h2,7-17,22-38,40-41H,3-6,18-21H2,1H3. The lowest BCUT2D eigenvalue weighted by atomic mass is 9.89. The Balaban J connectivity index is 0.978. The second-order valence-electron chi connectivity index (χ2n) is 20.8. The highest BCUT2D eigenvalue weighted by atomic mass is 16.3. The van der Waals surface area contributed by atoms with Gasteiger partial charge >= 0.3 is 0 Å². The van der Waals surface area contributed by atoms with Gasteiger partial charge in [0, 0.05) is 65.1 Å². The Labute approximate surface area is 416 Å². The van der Waals surface area contributed by atoms with Gasteiger partial charge in [-0.15, -0.1) is 0 Å². The lowest BCUT2D eigenvalue weighted by Crippen LogP contribution is -2.15. The molecule has 0 bridgehead atoms. The fraction of sp³-hybridized carbons (Fsp3) is 0.164. The van der Waals surface area contributed by atoms with E-state index < -0.39 is 0 Å². The molecule has 0 amide bonds. The van der Waals surface area contributed by atoms with Crippen molar-refractivity contribution in [2.24, 2.45) is 0 Å². The largest absolute Gasteiger partial charge is 0.455 e. The van der Waals surface area contributed by atoms with Crippen LogP contribution in [0, 0.1) is 6.92 Å². The normalized spacial score (nSPS) is 15.3. The van der Waals surface area contributed by atoms with Crippen molar-refractivity contribution in [3.8, 4) is 11.1 Å². The molecule has 3 aliphatic rings. The second-order valence-corrected chi connectivity index (χ2v) is 20.8. The molecule has 2 aliphatic carbocycles. The summed E-state index contributed by atoms with van der Waals surface area (Å²) in [5.41, 5.74) is 18.3. The number of aryl methyl sites for hydroxylation is 1. The Morgan fingerprint density at radius 3 is 1.60 bits per heavy atom. The predicted octanol–water partition coefficient (Wildman–Crippen LogP) is 20.2. The number of benzene rings is 10. The van der Waals surface area contributed by atoms with E-state index in [2.05, 4.69) is 193 Å². The van der Waals surface area contributed by atoms with Crippen LogP contribution in [-0.2, 0) is 0 Å². The molecule has 2 fully saturated rings. The number of fused-ring (bicyclic) bond motifs is 14. The van der Waals surface area contributed by atoms with Crippen LogP contribution in [0.2, 0.25) is 0 Å². The molecule has 13 aromatic rings. The predicted molar refractivity (Wildman–Crippen MR) is 299 cm³/mol. The summed E-state index contributed by atoms with van der Waals surface area (Å²) < 4.78 is 21.8. The van der Waals surface area contributed by atoms with Crippen molar-refractivity contribution in [3.63, 3.8) is 0 Å². The molecule has 0 saturated heterocycles. The average molecular weight is 931 g/mol. The maximum Gasteiger partial charge on any atom is 0.159 e. The Morgan fingerprint density at radius 1 is 0.361 bits per heavy atom. The van der Waals surface area contributed by atoms with Crippen LogP contribution in [0.4, 0.5) is 34.1 Å². The van der Waals surface area contributed by atoms with Crippen LogP contribution in [0.1, 0.15) is 79.9 Å². The van der Waals surface area contributed by atoms with E-state index >= 15 is 0 Å². The van der Waals surface area contributed by atoms with Crippen LogP contribution < -0.4 is 9.80 Å². The highest BCUT2D eigenvalue weighted by Crippen LogP contribution is 2.57. The maximum atomic E-state index is 7.33. The van der Waals surface area contributed by atoms with Gasteiger partial charge in [-0.25, -0.2) is 0 Å². The summed E-state index contributed by atoms with van der Waals surface area (Å²) >= 11 is 0. The van der Waals surface area contributed by atoms with E-state index in [4.69, 9.17) is 13.3 Å². The Bertz CT molecular complexity index is 4400. The molecule has 0 spiro atoms. The van der Waals surface area contributed by atoms with Gasteiger partial charge in [0.05, 0.1) is 28.4 Å². The first kappa shape index (κ1) is 40.4. The van der Waals surface area contributed by atoms with Crippen molar-refractivity contribution in [1.29, 1.82) is 0 Å². The SMILES string of the molecule is Cc1ccccc1N(c1cc2c3cc4c5c(cccc5c3oc2c2ccccc12)-c1ccccc1N4c1cccc2c1oc1c(C3CCCC3)cccc12)c1cccc2c1oc1c(C3CCCC3)cccc12. The Kier molecular flexibility index (Phi) is 8.63. The number of furan rings is 3. The smallest absolute Gasteiger partial charge is 0.159 e. The second kappa shape index (κ2) is 15.4. The van der Waals surface area contributed by atoms with Gasteiger partial charge in [0.1, 0.15) is 22.3 Å². The fourth-order valence-electron chi connectivity index (χ4n) is 13.7. The van der Waals surface area contributed by atoms with Gasteiger partial charge in [-0.1, -0.05) is 165 Å². The van der Waals surface area contributed by atoms with Gasteiger partial charge in [-0.2, -0.15) is 0 Å². The molecular formula is C67H50N2O3. The molecule has 0 unspecified atom stereocenters. The minimum Gasteiger partial charge on any atom is -0.455 e. The molecule has 5 heteroatoms. The van der Waals surface area contributed by atoms with E-state index in [0.29, 0.717) is 11.8 Å². The zero-order valence-corrected chi connectivity index (χ0v) is 40.2. The van der Waals surface area contributed by atoms with E-state index in [-0.39, 0.29) is 0 Å². The van der Waals surface area contributed by atoms with E-state index in [1.54, 1.807) is 0 Å². The third-order valence-corrected chi connectivity index (χ3v) is 17.0. The van der Waals surface area contributed by atoms with E-state index in [1.807, 2.05) is 0 Å². The number of nitrogens with zero attached hydrogens (tertiary/aromatic N) is 2. The van der Waals surface area contributed by atoms with Crippen LogP contribution >= 0.6 is 0 Å². The Hall–Kier alpha value is -8.28. The van der Waals surface area contributed by atoms with Crippen molar-refractivity contribution in [2.45, 2.75) is 70.1 Å². The minimum atomic E-state index is 0.522. The zero-order chi connectivity index (χ0) is 47.2. The van der Waals surface area contributed by atoms with E-state index in [9.17, 15) is 0 Å². The summed E-state index contributed by atoms with van der Waals surface area (Å²) in [6.45, 7) is 2.21. The molecule has 10 aromatic carbocycles. The third kappa shape index (κ3) is 5.65. The summed E-state index contributed by atoms with van der Waals surface area (Å²) in [4.78, 5) is 4.91. The molecule has 0 atom stereocenters. The average Bonchev–Trinajstić information content (AvgIpc) is 4.30. The van der Waals surface area contributed by atoms with Crippen LogP contribution in [-0.4, -0.2) is 0 Å². The molecule has 4 heterocycles. The fourth-order valence-corrected chi connectivity index (χ4v) is 13.7. The van der Waals surface area contributed by atoms with E-state index in [0.717, 1.165) is 105 Å². The summed E-state index contributed by atoms with van der Waals surface area (Å²) in [6, 6.07) is 64.8. The van der Waals surface area contributed by atoms with Crippen LogP contribution in [0.5, 0.6) is 0 Å². The zero-order valence-electron chi connectivity index (χ0n) is 40.2. The van der Waals surface area contributed by atoms with E-state index in [1.165, 1.54) is 95.3 Å². The van der Waals surface area contributed by atoms with Crippen molar-refractivity contribution < 1.29 is 13.3 Å².